The number of hydrogen-bond acceptors (Lipinski definition) is 4. The van der Waals surface area contributed by atoms with Crippen LogP contribution in [0.1, 0.15) is 45.4 Å². The first-order valence-corrected chi connectivity index (χ1v) is 6.05. The molecule has 3 heterocycles. The van der Waals surface area contributed by atoms with Gasteiger partial charge in [-0.3, -0.25) is 0 Å². The Bertz CT molecular complexity index is 242. The van der Waals surface area contributed by atoms with Crippen molar-refractivity contribution in [3.05, 3.63) is 0 Å². The Morgan fingerprint density at radius 2 is 2.33 bits per heavy atom. The van der Waals surface area contributed by atoms with Crippen LogP contribution in [0.5, 0.6) is 0 Å². The van der Waals surface area contributed by atoms with Gasteiger partial charge in [-0.25, -0.2) is 4.99 Å². The number of nitrogens with zero attached hydrogens (tertiary/aromatic N) is 1. The number of rotatable bonds is 4. The zero-order valence-corrected chi connectivity index (χ0v) is 9.41. The standard InChI is InChI=1S/C11H21N3O/c1-2-3-4-5-9-8-6-7-10(15-9)14-11(12)13-8/h8-10H,2-7H2,1H3,(H3,12,13,14)/t8-,9-,10+/m0/s1. The largest absolute Gasteiger partial charge is 0.370 e. The molecule has 3 aliphatic rings. The maximum Gasteiger partial charge on any atom is 0.191 e. The van der Waals surface area contributed by atoms with Gasteiger partial charge in [-0.2, -0.15) is 0 Å². The van der Waals surface area contributed by atoms with E-state index < -0.39 is 0 Å². The minimum Gasteiger partial charge on any atom is -0.370 e. The molecule has 0 saturated carbocycles. The first-order chi connectivity index (χ1) is 7.29. The van der Waals surface area contributed by atoms with Gasteiger partial charge in [-0.1, -0.05) is 26.2 Å². The molecule has 0 unspecified atom stereocenters. The second-order valence-corrected chi connectivity index (χ2v) is 4.47. The van der Waals surface area contributed by atoms with Crippen molar-refractivity contribution in [3.63, 3.8) is 0 Å². The second-order valence-electron chi connectivity index (χ2n) is 4.47. The number of aliphatic imine (C=N–C) groups is 1. The van der Waals surface area contributed by atoms with Crippen molar-refractivity contribution in [3.8, 4) is 0 Å². The third-order valence-electron chi connectivity index (χ3n) is 3.21. The number of fused-ring (bicyclic) bond motifs is 3. The highest BCUT2D eigenvalue weighted by molar-refractivity contribution is 5.78. The minimum atomic E-state index is 0.00266. The SMILES string of the molecule is CCCCC[C@@H]1O[C@@H]2CC[C@@H]1NC(N)=N2. The Hall–Kier alpha value is -0.770. The first kappa shape index (κ1) is 10.7. The van der Waals surface area contributed by atoms with E-state index in [1.165, 1.54) is 19.3 Å². The summed E-state index contributed by atoms with van der Waals surface area (Å²) in [5.74, 6) is 0.556. The molecule has 1 fully saturated rings. The van der Waals surface area contributed by atoms with E-state index >= 15 is 0 Å². The van der Waals surface area contributed by atoms with Crippen LogP contribution in [0.15, 0.2) is 4.99 Å². The van der Waals surface area contributed by atoms with Gasteiger partial charge in [-0.15, -0.1) is 0 Å². The monoisotopic (exact) mass is 211 g/mol. The number of ether oxygens (including phenoxy) is 1. The molecule has 0 aliphatic carbocycles. The maximum atomic E-state index is 5.90. The van der Waals surface area contributed by atoms with Crippen LogP contribution in [0.4, 0.5) is 0 Å². The predicted molar refractivity (Wildman–Crippen MR) is 60.6 cm³/mol. The fourth-order valence-electron chi connectivity index (χ4n) is 2.38. The molecule has 0 radical (unpaired) electrons. The summed E-state index contributed by atoms with van der Waals surface area (Å²) in [5.41, 5.74) is 5.73. The first-order valence-electron chi connectivity index (χ1n) is 6.05. The van der Waals surface area contributed by atoms with Crippen molar-refractivity contribution >= 4 is 5.96 Å². The van der Waals surface area contributed by atoms with Gasteiger partial charge in [0.05, 0.1) is 12.1 Å². The molecular weight excluding hydrogens is 190 g/mol. The predicted octanol–water partition coefficient (Wildman–Crippen LogP) is 1.36. The van der Waals surface area contributed by atoms with Gasteiger partial charge in [0, 0.05) is 0 Å². The number of guanidine groups is 1. The van der Waals surface area contributed by atoms with Gasteiger partial charge in [0.1, 0.15) is 0 Å². The molecule has 15 heavy (non-hydrogen) atoms. The van der Waals surface area contributed by atoms with Gasteiger partial charge in [0.15, 0.2) is 12.2 Å². The van der Waals surface area contributed by atoms with Gasteiger partial charge >= 0.3 is 0 Å². The van der Waals surface area contributed by atoms with Gasteiger partial charge in [0.2, 0.25) is 0 Å². The van der Waals surface area contributed by atoms with Crippen molar-refractivity contribution < 1.29 is 4.74 Å². The highest BCUT2D eigenvalue weighted by Crippen LogP contribution is 2.26. The normalized spacial score (nSPS) is 34.5. The lowest BCUT2D eigenvalue weighted by Crippen LogP contribution is -2.47. The quantitative estimate of drug-likeness (QED) is 0.690. The average molecular weight is 211 g/mol. The van der Waals surface area contributed by atoms with Crippen molar-refractivity contribution in [2.24, 2.45) is 10.7 Å². The molecule has 0 aromatic heterocycles. The fraction of sp³-hybridized carbons (Fsp3) is 0.909. The van der Waals surface area contributed by atoms with Gasteiger partial charge in [0.25, 0.3) is 0 Å². The number of nitrogens with two attached hydrogens (primary N) is 1. The molecule has 3 rings (SSSR count). The van der Waals surface area contributed by atoms with E-state index in [1.807, 2.05) is 0 Å². The molecule has 0 aromatic carbocycles. The Morgan fingerprint density at radius 3 is 3.13 bits per heavy atom. The summed E-state index contributed by atoms with van der Waals surface area (Å²) in [6.45, 7) is 2.22. The number of nitrogens with one attached hydrogen (secondary N) is 1. The van der Waals surface area contributed by atoms with E-state index in [0.717, 1.165) is 19.3 Å². The number of hydrogen-bond donors (Lipinski definition) is 2. The highest BCUT2D eigenvalue weighted by Gasteiger charge is 2.33. The molecular formula is C11H21N3O. The van der Waals surface area contributed by atoms with Crippen LogP contribution < -0.4 is 11.1 Å². The Morgan fingerprint density at radius 1 is 1.47 bits per heavy atom. The van der Waals surface area contributed by atoms with Crippen LogP contribution >= 0.6 is 0 Å². The topological polar surface area (TPSA) is 59.6 Å². The summed E-state index contributed by atoms with van der Waals surface area (Å²) in [6, 6.07) is 0.379. The summed E-state index contributed by atoms with van der Waals surface area (Å²) >= 11 is 0. The summed E-state index contributed by atoms with van der Waals surface area (Å²) in [5, 5.41) is 3.25. The van der Waals surface area contributed by atoms with Gasteiger partial charge in [-0.05, 0) is 19.3 Å². The third-order valence-corrected chi connectivity index (χ3v) is 3.21. The summed E-state index contributed by atoms with van der Waals surface area (Å²) < 4.78 is 5.90. The van der Waals surface area contributed by atoms with Crippen LogP contribution in [0, 0.1) is 0 Å². The van der Waals surface area contributed by atoms with Crippen molar-refractivity contribution in [1.82, 2.24) is 5.32 Å². The highest BCUT2D eigenvalue weighted by atomic mass is 16.5. The van der Waals surface area contributed by atoms with Crippen LogP contribution in [0.2, 0.25) is 0 Å². The van der Waals surface area contributed by atoms with E-state index in [9.17, 15) is 0 Å². The molecule has 4 nitrogen and oxygen atoms in total. The lowest BCUT2D eigenvalue weighted by molar-refractivity contribution is -0.0584. The zero-order chi connectivity index (χ0) is 10.7. The van der Waals surface area contributed by atoms with E-state index in [1.54, 1.807) is 0 Å². The summed E-state index contributed by atoms with van der Waals surface area (Å²) in [4.78, 5) is 4.28. The lowest BCUT2D eigenvalue weighted by Gasteiger charge is -2.32. The van der Waals surface area contributed by atoms with Crippen LogP contribution in [-0.4, -0.2) is 24.3 Å². The van der Waals surface area contributed by atoms with Crippen LogP contribution in [-0.2, 0) is 4.74 Å². The average Bonchev–Trinajstić information content (AvgIpc) is 2.47. The molecule has 3 aliphatic heterocycles. The van der Waals surface area contributed by atoms with Crippen LogP contribution in [0.3, 0.4) is 0 Å². The maximum absolute atomic E-state index is 5.90. The molecule has 3 N–H and O–H groups in total. The molecule has 0 amide bonds. The summed E-state index contributed by atoms with van der Waals surface area (Å²) in [6.07, 6.45) is 7.36. The third kappa shape index (κ3) is 2.62. The number of unbranched alkanes of at least 4 members (excludes halogenated alkanes) is 2. The molecule has 0 spiro atoms. The van der Waals surface area contributed by atoms with E-state index in [4.69, 9.17) is 10.5 Å². The Labute approximate surface area is 91.3 Å². The van der Waals surface area contributed by atoms with Gasteiger partial charge < -0.3 is 15.8 Å². The van der Waals surface area contributed by atoms with E-state index in [0.29, 0.717) is 18.1 Å². The van der Waals surface area contributed by atoms with E-state index in [2.05, 4.69) is 17.2 Å². The fourth-order valence-corrected chi connectivity index (χ4v) is 2.38. The molecule has 2 bridgehead atoms. The molecule has 3 atom stereocenters. The van der Waals surface area contributed by atoms with Crippen molar-refractivity contribution in [1.29, 1.82) is 0 Å². The molecule has 1 saturated heterocycles. The molecule has 86 valence electrons. The Kier molecular flexibility index (Phi) is 3.46. The van der Waals surface area contributed by atoms with Crippen molar-refractivity contribution in [2.45, 2.75) is 63.8 Å². The second kappa shape index (κ2) is 4.84. The van der Waals surface area contributed by atoms with Crippen molar-refractivity contribution in [2.75, 3.05) is 0 Å². The summed E-state index contributed by atoms with van der Waals surface area (Å²) in [7, 11) is 0. The molecule has 4 heteroatoms. The Balaban J connectivity index is 1.88. The lowest BCUT2D eigenvalue weighted by atomic mass is 9.97. The van der Waals surface area contributed by atoms with E-state index in [-0.39, 0.29) is 6.23 Å². The zero-order valence-electron chi connectivity index (χ0n) is 9.41. The minimum absolute atomic E-state index is 0.00266. The molecule has 0 aromatic rings. The smallest absolute Gasteiger partial charge is 0.191 e. The van der Waals surface area contributed by atoms with Crippen LogP contribution in [0.25, 0.3) is 0 Å².